The molecule has 0 heterocycles. The number of nitrogens with one attached hydrogen (secondary N) is 1. The van der Waals surface area contributed by atoms with Crippen LogP contribution in [0.4, 0.5) is 5.69 Å². The summed E-state index contributed by atoms with van der Waals surface area (Å²) in [4.78, 5) is 12.2. The predicted octanol–water partition coefficient (Wildman–Crippen LogP) is 3.54. The Bertz CT molecular complexity index is 620. The molecule has 2 rings (SSSR count). The Balaban J connectivity index is 2.20. The van der Waals surface area contributed by atoms with Crippen LogP contribution in [-0.4, -0.2) is 5.91 Å². The first-order valence-electron chi connectivity index (χ1n) is 5.72. The minimum atomic E-state index is -0.794. The first-order chi connectivity index (χ1) is 9.22. The topological polar surface area (TPSA) is 52.9 Å². The number of rotatable bonds is 3. The van der Waals surface area contributed by atoms with Crippen LogP contribution in [0.3, 0.4) is 0 Å². The lowest BCUT2D eigenvalue weighted by Crippen LogP contribution is -2.20. The highest BCUT2D eigenvalue weighted by atomic mass is 127. The smallest absolute Gasteiger partial charge is 0.246 e. The lowest BCUT2D eigenvalue weighted by molar-refractivity contribution is -0.116. The molecule has 0 saturated carbocycles. The Morgan fingerprint density at radius 3 is 2.37 bits per heavy atom. The standard InChI is InChI=1S/C15H11IN2O/c16-13-8-4-5-9-14(13)18-15(19)12(10-17)11-6-2-1-3-7-11/h1-9,12H,(H,18,19). The fourth-order valence-corrected chi connectivity index (χ4v) is 2.22. The second-order valence-corrected chi connectivity index (χ2v) is 5.10. The van der Waals surface area contributed by atoms with Crippen molar-refractivity contribution in [3.05, 3.63) is 63.7 Å². The molecule has 0 aliphatic rings. The molecule has 1 amide bonds. The summed E-state index contributed by atoms with van der Waals surface area (Å²) < 4.78 is 0.943. The zero-order valence-electron chi connectivity index (χ0n) is 10.0. The second kappa shape index (κ2) is 6.34. The van der Waals surface area contributed by atoms with E-state index in [-0.39, 0.29) is 5.91 Å². The number of amides is 1. The van der Waals surface area contributed by atoms with Gasteiger partial charge in [-0.15, -0.1) is 0 Å². The number of hydrogen-bond donors (Lipinski definition) is 1. The lowest BCUT2D eigenvalue weighted by atomic mass is 10.00. The normalized spacial score (nSPS) is 11.4. The van der Waals surface area contributed by atoms with Gasteiger partial charge in [0.15, 0.2) is 5.92 Å². The van der Waals surface area contributed by atoms with Crippen LogP contribution >= 0.6 is 22.6 Å². The highest BCUT2D eigenvalue weighted by Crippen LogP contribution is 2.21. The SMILES string of the molecule is N#CC(C(=O)Nc1ccccc1I)c1ccccc1. The molecule has 0 aromatic heterocycles. The molecule has 2 aromatic rings. The Kier molecular flexibility index (Phi) is 4.53. The van der Waals surface area contributed by atoms with Crippen LogP contribution < -0.4 is 5.32 Å². The summed E-state index contributed by atoms with van der Waals surface area (Å²) in [5.74, 6) is -1.10. The summed E-state index contributed by atoms with van der Waals surface area (Å²) in [5, 5.41) is 12.0. The molecule has 1 N–H and O–H groups in total. The lowest BCUT2D eigenvalue weighted by Gasteiger charge is -2.11. The zero-order chi connectivity index (χ0) is 13.7. The van der Waals surface area contributed by atoms with Crippen LogP contribution in [0.15, 0.2) is 54.6 Å². The van der Waals surface area contributed by atoms with Crippen molar-refractivity contribution in [2.75, 3.05) is 5.32 Å². The van der Waals surface area contributed by atoms with E-state index in [1.165, 1.54) is 0 Å². The number of para-hydroxylation sites is 1. The summed E-state index contributed by atoms with van der Waals surface area (Å²) >= 11 is 2.15. The van der Waals surface area contributed by atoms with Gasteiger partial charge in [-0.1, -0.05) is 42.5 Å². The number of benzene rings is 2. The van der Waals surface area contributed by atoms with E-state index in [9.17, 15) is 10.1 Å². The van der Waals surface area contributed by atoms with Crippen molar-refractivity contribution in [3.63, 3.8) is 0 Å². The number of halogens is 1. The van der Waals surface area contributed by atoms with Crippen molar-refractivity contribution in [1.29, 1.82) is 5.26 Å². The maximum absolute atomic E-state index is 12.2. The number of carbonyl (C=O) groups is 1. The third-order valence-electron chi connectivity index (χ3n) is 2.66. The average Bonchev–Trinajstić information content (AvgIpc) is 2.43. The van der Waals surface area contributed by atoms with Crippen LogP contribution in [-0.2, 0) is 4.79 Å². The Labute approximate surface area is 125 Å². The van der Waals surface area contributed by atoms with Crippen LogP contribution in [0, 0.1) is 14.9 Å². The van der Waals surface area contributed by atoms with Gasteiger partial charge in [0.1, 0.15) is 0 Å². The molecule has 0 radical (unpaired) electrons. The number of nitriles is 1. The minimum Gasteiger partial charge on any atom is -0.324 e. The minimum absolute atomic E-state index is 0.308. The van der Waals surface area contributed by atoms with Gasteiger partial charge in [-0.2, -0.15) is 5.26 Å². The summed E-state index contributed by atoms with van der Waals surface area (Å²) in [6, 6.07) is 18.6. The third-order valence-corrected chi connectivity index (χ3v) is 3.60. The summed E-state index contributed by atoms with van der Waals surface area (Å²) in [6.45, 7) is 0. The van der Waals surface area contributed by atoms with Gasteiger partial charge in [0, 0.05) is 3.57 Å². The fourth-order valence-electron chi connectivity index (χ4n) is 1.70. The second-order valence-electron chi connectivity index (χ2n) is 3.94. The van der Waals surface area contributed by atoms with E-state index >= 15 is 0 Å². The van der Waals surface area contributed by atoms with Gasteiger partial charge < -0.3 is 5.32 Å². The van der Waals surface area contributed by atoms with E-state index in [0.29, 0.717) is 5.56 Å². The molecule has 1 unspecified atom stereocenters. The molecule has 1 atom stereocenters. The highest BCUT2D eigenvalue weighted by molar-refractivity contribution is 14.1. The zero-order valence-corrected chi connectivity index (χ0v) is 12.2. The van der Waals surface area contributed by atoms with E-state index in [1.54, 1.807) is 12.1 Å². The van der Waals surface area contributed by atoms with Crippen molar-refractivity contribution in [1.82, 2.24) is 0 Å². The first-order valence-corrected chi connectivity index (χ1v) is 6.80. The summed E-state index contributed by atoms with van der Waals surface area (Å²) in [6.07, 6.45) is 0. The third kappa shape index (κ3) is 3.32. The van der Waals surface area contributed by atoms with E-state index in [2.05, 4.69) is 27.9 Å². The molecule has 0 spiro atoms. The van der Waals surface area contributed by atoms with Crippen molar-refractivity contribution in [2.24, 2.45) is 0 Å². The van der Waals surface area contributed by atoms with Gasteiger partial charge in [0.2, 0.25) is 5.91 Å². The molecule has 0 saturated heterocycles. The van der Waals surface area contributed by atoms with E-state index < -0.39 is 5.92 Å². The summed E-state index contributed by atoms with van der Waals surface area (Å²) in [5.41, 5.74) is 1.43. The van der Waals surface area contributed by atoms with Gasteiger partial charge in [-0.3, -0.25) is 4.79 Å². The molecule has 0 aliphatic heterocycles. The highest BCUT2D eigenvalue weighted by Gasteiger charge is 2.20. The number of anilines is 1. The molecule has 94 valence electrons. The van der Waals surface area contributed by atoms with Crippen LogP contribution in [0.2, 0.25) is 0 Å². The van der Waals surface area contributed by atoms with E-state index in [0.717, 1.165) is 9.26 Å². The molecule has 0 aliphatic carbocycles. The van der Waals surface area contributed by atoms with Gasteiger partial charge in [-0.05, 0) is 40.3 Å². The van der Waals surface area contributed by atoms with Crippen LogP contribution in [0.25, 0.3) is 0 Å². The summed E-state index contributed by atoms with van der Waals surface area (Å²) in [7, 11) is 0. The molecule has 0 fully saturated rings. The van der Waals surface area contributed by atoms with Crippen LogP contribution in [0.5, 0.6) is 0 Å². The monoisotopic (exact) mass is 362 g/mol. The molecule has 2 aromatic carbocycles. The van der Waals surface area contributed by atoms with Gasteiger partial charge >= 0.3 is 0 Å². The van der Waals surface area contributed by atoms with Crippen LogP contribution in [0.1, 0.15) is 11.5 Å². The van der Waals surface area contributed by atoms with Crippen molar-refractivity contribution < 1.29 is 4.79 Å². The maximum atomic E-state index is 12.2. The van der Waals surface area contributed by atoms with Crippen molar-refractivity contribution in [3.8, 4) is 6.07 Å². The largest absolute Gasteiger partial charge is 0.324 e. The quantitative estimate of drug-likeness (QED) is 0.850. The first kappa shape index (κ1) is 13.6. The molecule has 4 heteroatoms. The van der Waals surface area contributed by atoms with Gasteiger partial charge in [0.25, 0.3) is 0 Å². The average molecular weight is 362 g/mol. The van der Waals surface area contributed by atoms with E-state index in [4.69, 9.17) is 0 Å². The van der Waals surface area contributed by atoms with Gasteiger partial charge in [0.05, 0.1) is 11.8 Å². The Morgan fingerprint density at radius 1 is 1.11 bits per heavy atom. The Hall–Kier alpha value is -1.87. The van der Waals surface area contributed by atoms with Crippen molar-refractivity contribution in [2.45, 2.75) is 5.92 Å². The van der Waals surface area contributed by atoms with Gasteiger partial charge in [-0.25, -0.2) is 0 Å². The Morgan fingerprint density at radius 2 is 1.74 bits per heavy atom. The molecule has 3 nitrogen and oxygen atoms in total. The maximum Gasteiger partial charge on any atom is 0.246 e. The fraction of sp³-hybridized carbons (Fsp3) is 0.0667. The predicted molar refractivity (Wildman–Crippen MR) is 82.6 cm³/mol. The molecular weight excluding hydrogens is 351 g/mol. The number of nitrogens with zero attached hydrogens (tertiary/aromatic N) is 1. The van der Waals surface area contributed by atoms with Crippen molar-refractivity contribution >= 4 is 34.2 Å². The molecule has 19 heavy (non-hydrogen) atoms. The molecular formula is C15H11IN2O. The number of hydrogen-bond acceptors (Lipinski definition) is 2. The van der Waals surface area contributed by atoms with E-state index in [1.807, 2.05) is 48.5 Å². The molecule has 0 bridgehead atoms. The number of carbonyl (C=O) groups excluding carboxylic acids is 1.